The number of aromatic hydroxyl groups is 2. The molecule has 5 rings (SSSR count). The van der Waals surface area contributed by atoms with Crippen LogP contribution in [0.2, 0.25) is 0 Å². The van der Waals surface area contributed by atoms with E-state index in [1.54, 1.807) is 0 Å². The molecule has 2 fully saturated rings. The quantitative estimate of drug-likeness (QED) is 0.187. The van der Waals surface area contributed by atoms with Crippen molar-refractivity contribution in [2.45, 2.75) is 75.3 Å². The highest BCUT2D eigenvalue weighted by molar-refractivity contribution is 5.88. The smallest absolute Gasteiger partial charge is 0.239 e. The maximum absolute atomic E-state index is 14.0. The van der Waals surface area contributed by atoms with Crippen molar-refractivity contribution in [2.24, 2.45) is 0 Å². The average Bonchev–Trinajstić information content (AvgIpc) is 2.93. The lowest BCUT2D eigenvalue weighted by molar-refractivity contribution is -0.268. The maximum Gasteiger partial charge on any atom is 0.239 e. The van der Waals surface area contributed by atoms with Gasteiger partial charge >= 0.3 is 0 Å². The summed E-state index contributed by atoms with van der Waals surface area (Å²) in [5.41, 5.74) is -0.862. The van der Waals surface area contributed by atoms with Crippen LogP contribution in [0.5, 0.6) is 23.0 Å². The van der Waals surface area contributed by atoms with Crippen LogP contribution in [0.1, 0.15) is 13.8 Å². The van der Waals surface area contributed by atoms with Crippen LogP contribution in [0.25, 0.3) is 22.3 Å². The fourth-order valence-electron chi connectivity index (χ4n) is 4.72. The van der Waals surface area contributed by atoms with Gasteiger partial charge in [0.1, 0.15) is 64.8 Å². The molecule has 0 radical (unpaired) electrons. The molecule has 3 heterocycles. The van der Waals surface area contributed by atoms with E-state index in [2.05, 4.69) is 0 Å². The molecule has 0 amide bonds. The van der Waals surface area contributed by atoms with E-state index in [-0.39, 0.29) is 33.8 Å². The number of ether oxygens (including phenoxy) is 4. The summed E-state index contributed by atoms with van der Waals surface area (Å²) in [5, 5.41) is 81.2. The summed E-state index contributed by atoms with van der Waals surface area (Å²) >= 11 is 0. The normalized spacial score (nSPS) is 34.0. The largest absolute Gasteiger partial charge is 0.508 e. The number of phenols is 2. The van der Waals surface area contributed by atoms with Crippen molar-refractivity contribution in [2.75, 3.05) is 0 Å². The molecule has 0 aliphatic carbocycles. The molecule has 8 N–H and O–H groups in total. The topological polar surface area (TPSA) is 229 Å². The van der Waals surface area contributed by atoms with Crippen LogP contribution in [0.4, 0.5) is 0 Å². The van der Waals surface area contributed by atoms with E-state index >= 15 is 0 Å². The van der Waals surface area contributed by atoms with Gasteiger partial charge in [-0.1, -0.05) is 0 Å². The summed E-state index contributed by atoms with van der Waals surface area (Å²) in [5.74, 6) is -1.56. The SMILES string of the molecule is C[C@@H]1O[C@@H](Oc2c(-c3ccc(O)cc3)oc3cc(O)cc(O[C@@H]4O[C@@H](C)[C@H](O)[C@@H](O)[C@H]4O)c3c2=O)[C@H](O)[C@H](O)[C@H]1O. The number of phenolic OH excluding ortho intramolecular Hbond substituents is 2. The van der Waals surface area contributed by atoms with Gasteiger partial charge in [0.25, 0.3) is 0 Å². The fraction of sp³-hybridized carbons (Fsp3) is 0.444. The number of hydrogen-bond donors (Lipinski definition) is 8. The Labute approximate surface area is 231 Å². The van der Waals surface area contributed by atoms with Crippen LogP contribution >= 0.6 is 0 Å². The van der Waals surface area contributed by atoms with Crippen LogP contribution in [0, 0.1) is 0 Å². The van der Waals surface area contributed by atoms with Gasteiger partial charge in [0.05, 0.1) is 12.2 Å². The highest BCUT2D eigenvalue weighted by Crippen LogP contribution is 2.39. The summed E-state index contributed by atoms with van der Waals surface area (Å²) < 4.78 is 28.4. The Hall–Kier alpha value is -3.47. The predicted octanol–water partition coefficient (Wildman–Crippen LogP) is -0.716. The zero-order chi connectivity index (χ0) is 29.7. The third kappa shape index (κ3) is 5.31. The monoisotopic (exact) mass is 578 g/mol. The number of aliphatic hydroxyl groups excluding tert-OH is 6. The van der Waals surface area contributed by atoms with Crippen molar-refractivity contribution in [1.82, 2.24) is 0 Å². The number of benzene rings is 2. The molecular weight excluding hydrogens is 548 g/mol. The van der Waals surface area contributed by atoms with E-state index in [0.717, 1.165) is 12.1 Å². The minimum absolute atomic E-state index is 0.0859. The lowest BCUT2D eigenvalue weighted by atomic mass is 10.00. The Morgan fingerprint density at radius 3 is 1.78 bits per heavy atom. The van der Waals surface area contributed by atoms with E-state index < -0.39 is 78.3 Å². The highest BCUT2D eigenvalue weighted by Gasteiger charge is 2.45. The molecule has 14 heteroatoms. The van der Waals surface area contributed by atoms with Crippen molar-refractivity contribution < 1.29 is 64.2 Å². The van der Waals surface area contributed by atoms with Crippen molar-refractivity contribution in [1.29, 1.82) is 0 Å². The molecular formula is C27H30O14. The van der Waals surface area contributed by atoms with Crippen LogP contribution < -0.4 is 14.9 Å². The molecule has 2 aromatic carbocycles. The van der Waals surface area contributed by atoms with Gasteiger partial charge in [-0.15, -0.1) is 0 Å². The van der Waals surface area contributed by atoms with Crippen LogP contribution in [0.15, 0.2) is 45.6 Å². The Morgan fingerprint density at radius 2 is 1.22 bits per heavy atom. The second kappa shape index (κ2) is 11.1. The van der Waals surface area contributed by atoms with Gasteiger partial charge in [-0.2, -0.15) is 0 Å². The van der Waals surface area contributed by atoms with Gasteiger partial charge in [-0.05, 0) is 38.1 Å². The molecule has 10 atom stereocenters. The minimum Gasteiger partial charge on any atom is -0.508 e. The van der Waals surface area contributed by atoms with Gasteiger partial charge in [-0.25, -0.2) is 0 Å². The first-order valence-electron chi connectivity index (χ1n) is 12.7. The Kier molecular flexibility index (Phi) is 7.84. The van der Waals surface area contributed by atoms with E-state index in [1.165, 1.54) is 38.1 Å². The summed E-state index contributed by atoms with van der Waals surface area (Å²) in [6, 6.07) is 7.60. The molecule has 3 aromatic rings. The molecule has 14 nitrogen and oxygen atoms in total. The molecule has 2 aliphatic heterocycles. The van der Waals surface area contributed by atoms with Gasteiger partial charge in [-0.3, -0.25) is 4.79 Å². The summed E-state index contributed by atoms with van der Waals surface area (Å²) in [4.78, 5) is 14.0. The lowest BCUT2D eigenvalue weighted by Gasteiger charge is -2.39. The summed E-state index contributed by atoms with van der Waals surface area (Å²) in [7, 11) is 0. The summed E-state index contributed by atoms with van der Waals surface area (Å²) in [6.45, 7) is 2.86. The summed E-state index contributed by atoms with van der Waals surface area (Å²) in [6.07, 6.45) is -14.8. The molecule has 0 spiro atoms. The Morgan fingerprint density at radius 1 is 0.683 bits per heavy atom. The van der Waals surface area contributed by atoms with Crippen molar-refractivity contribution in [3.63, 3.8) is 0 Å². The van der Waals surface area contributed by atoms with Crippen molar-refractivity contribution in [3.05, 3.63) is 46.6 Å². The van der Waals surface area contributed by atoms with Crippen LogP contribution in [-0.2, 0) is 9.47 Å². The second-order valence-electron chi connectivity index (χ2n) is 10.1. The van der Waals surface area contributed by atoms with Crippen LogP contribution in [-0.4, -0.2) is 102 Å². The number of fused-ring (bicyclic) bond motifs is 1. The van der Waals surface area contributed by atoms with Gasteiger partial charge in [0.15, 0.2) is 5.76 Å². The molecule has 1 aromatic heterocycles. The highest BCUT2D eigenvalue weighted by atomic mass is 16.7. The second-order valence-corrected chi connectivity index (χ2v) is 10.1. The zero-order valence-electron chi connectivity index (χ0n) is 21.8. The third-order valence-corrected chi connectivity index (χ3v) is 7.13. The first kappa shape index (κ1) is 29.0. The number of hydrogen-bond acceptors (Lipinski definition) is 14. The van der Waals surface area contributed by atoms with Gasteiger partial charge < -0.3 is 64.2 Å². The average molecular weight is 579 g/mol. The fourth-order valence-corrected chi connectivity index (χ4v) is 4.72. The zero-order valence-corrected chi connectivity index (χ0v) is 21.8. The van der Waals surface area contributed by atoms with E-state index in [1.807, 2.05) is 0 Å². The van der Waals surface area contributed by atoms with E-state index in [4.69, 9.17) is 23.4 Å². The lowest BCUT2D eigenvalue weighted by Crippen LogP contribution is -2.58. The molecule has 0 bridgehead atoms. The van der Waals surface area contributed by atoms with Gasteiger partial charge in [0, 0.05) is 17.7 Å². The molecule has 41 heavy (non-hydrogen) atoms. The number of rotatable bonds is 5. The molecule has 222 valence electrons. The Balaban J connectivity index is 1.65. The predicted molar refractivity (Wildman–Crippen MR) is 137 cm³/mol. The van der Waals surface area contributed by atoms with E-state index in [9.17, 15) is 45.6 Å². The molecule has 0 saturated carbocycles. The standard InChI is InChI=1S/C27H30O14/c1-9-17(30)20(33)22(35)26(37-9)40-15-8-13(29)7-14-16(15)19(32)25(24(39-14)11-3-5-12(28)6-4-11)41-27-23(36)21(34)18(31)10(2)38-27/h3-10,17-18,20-23,26-31,33-36H,1-2H3/t9-,10-,17-,18-,20+,21+,22+,23+,26-,27-/m0/s1. The minimum atomic E-state index is -1.78. The van der Waals surface area contributed by atoms with Crippen molar-refractivity contribution in [3.8, 4) is 34.3 Å². The number of aliphatic hydroxyl groups is 6. The first-order chi connectivity index (χ1) is 19.4. The Bertz CT molecular complexity index is 1460. The molecule has 0 unspecified atom stereocenters. The molecule has 2 saturated heterocycles. The molecule has 2 aliphatic rings. The van der Waals surface area contributed by atoms with Crippen molar-refractivity contribution >= 4 is 11.0 Å². The first-order valence-corrected chi connectivity index (χ1v) is 12.7. The van der Waals surface area contributed by atoms with Gasteiger partial charge in [0.2, 0.25) is 23.8 Å². The third-order valence-electron chi connectivity index (χ3n) is 7.13. The maximum atomic E-state index is 14.0. The van der Waals surface area contributed by atoms with Crippen LogP contribution in [0.3, 0.4) is 0 Å². The van der Waals surface area contributed by atoms with E-state index in [0.29, 0.717) is 0 Å².